The summed E-state index contributed by atoms with van der Waals surface area (Å²) >= 11 is 1.59. The number of ether oxygens (including phenoxy) is 2. The average molecular weight is 472 g/mol. The number of amides is 1. The first kappa shape index (κ1) is 23.3. The Labute approximate surface area is 203 Å². The van der Waals surface area contributed by atoms with Gasteiger partial charge in [0, 0.05) is 10.6 Å². The molecule has 0 aliphatic rings. The first-order valence-electron chi connectivity index (χ1n) is 10.8. The van der Waals surface area contributed by atoms with Crippen LogP contribution < -0.4 is 14.8 Å². The molecule has 1 heterocycles. The van der Waals surface area contributed by atoms with Crippen LogP contribution in [0.15, 0.2) is 95.9 Å². The topological polar surface area (TPSA) is 73.3 Å². The molecule has 0 saturated heterocycles. The fourth-order valence-electron chi connectivity index (χ4n) is 3.51. The molecule has 0 spiro atoms. The standard InChI is InChI=1S/C27H25N3O3S/c1-32-24-17-25(33-2)30-23(29-24)18-34-22-15-13-21(14-16-22)28-27(31)26(19-9-5-3-6-10-19)20-11-7-4-8-12-20/h3-17,26H,18H2,1-2H3,(H,28,31). The normalized spacial score (nSPS) is 10.7. The van der Waals surface area contributed by atoms with E-state index in [9.17, 15) is 4.79 Å². The van der Waals surface area contributed by atoms with Gasteiger partial charge >= 0.3 is 0 Å². The summed E-state index contributed by atoms with van der Waals surface area (Å²) in [6.07, 6.45) is 0. The minimum Gasteiger partial charge on any atom is -0.481 e. The summed E-state index contributed by atoms with van der Waals surface area (Å²) in [6.45, 7) is 0. The number of aromatic nitrogens is 2. The van der Waals surface area contributed by atoms with Gasteiger partial charge in [0.05, 0.1) is 32.0 Å². The zero-order valence-corrected chi connectivity index (χ0v) is 19.8. The highest BCUT2D eigenvalue weighted by Crippen LogP contribution is 2.28. The van der Waals surface area contributed by atoms with Crippen molar-refractivity contribution in [1.29, 1.82) is 0 Å². The van der Waals surface area contributed by atoms with Crippen LogP contribution in [0, 0.1) is 0 Å². The molecule has 1 aromatic heterocycles. The summed E-state index contributed by atoms with van der Waals surface area (Å²) in [5, 5.41) is 3.06. The second-order valence-electron chi connectivity index (χ2n) is 7.43. The van der Waals surface area contributed by atoms with Gasteiger partial charge in [-0.1, -0.05) is 60.7 Å². The molecule has 172 valence electrons. The smallest absolute Gasteiger partial charge is 0.236 e. The Morgan fingerprint density at radius 3 is 1.85 bits per heavy atom. The van der Waals surface area contributed by atoms with Gasteiger partial charge in [0.25, 0.3) is 0 Å². The third-order valence-electron chi connectivity index (χ3n) is 5.16. The highest BCUT2D eigenvalue weighted by Gasteiger charge is 2.22. The molecule has 4 aromatic rings. The van der Waals surface area contributed by atoms with Crippen molar-refractivity contribution < 1.29 is 14.3 Å². The van der Waals surface area contributed by atoms with Crippen molar-refractivity contribution in [2.45, 2.75) is 16.6 Å². The van der Waals surface area contributed by atoms with Gasteiger partial charge < -0.3 is 14.8 Å². The average Bonchev–Trinajstić information content (AvgIpc) is 2.89. The lowest BCUT2D eigenvalue weighted by Crippen LogP contribution is -2.22. The van der Waals surface area contributed by atoms with Crippen LogP contribution in [0.3, 0.4) is 0 Å². The molecule has 0 atom stereocenters. The summed E-state index contributed by atoms with van der Waals surface area (Å²) in [5.41, 5.74) is 2.64. The van der Waals surface area contributed by atoms with E-state index in [-0.39, 0.29) is 5.91 Å². The van der Waals surface area contributed by atoms with Gasteiger partial charge in [-0.2, -0.15) is 9.97 Å². The highest BCUT2D eigenvalue weighted by molar-refractivity contribution is 7.98. The van der Waals surface area contributed by atoms with Crippen LogP contribution in [0.1, 0.15) is 22.9 Å². The Bertz CT molecular complexity index is 1160. The molecule has 7 heteroatoms. The predicted molar refractivity (Wildman–Crippen MR) is 134 cm³/mol. The molecule has 0 bridgehead atoms. The van der Waals surface area contributed by atoms with Crippen LogP contribution in [0.25, 0.3) is 0 Å². The number of rotatable bonds is 9. The van der Waals surface area contributed by atoms with Crippen molar-refractivity contribution in [2.24, 2.45) is 0 Å². The van der Waals surface area contributed by atoms with Crippen LogP contribution in [-0.4, -0.2) is 30.1 Å². The van der Waals surface area contributed by atoms with Crippen molar-refractivity contribution in [3.63, 3.8) is 0 Å². The van der Waals surface area contributed by atoms with E-state index < -0.39 is 5.92 Å². The Hall–Kier alpha value is -3.84. The maximum Gasteiger partial charge on any atom is 0.236 e. The van der Waals surface area contributed by atoms with Crippen LogP contribution >= 0.6 is 11.8 Å². The van der Waals surface area contributed by atoms with Gasteiger partial charge in [-0.05, 0) is 35.4 Å². The third kappa shape index (κ3) is 5.94. The molecule has 0 saturated carbocycles. The quantitative estimate of drug-likeness (QED) is 0.322. The van der Waals surface area contributed by atoms with Gasteiger partial charge in [-0.3, -0.25) is 4.79 Å². The summed E-state index contributed by atoms with van der Waals surface area (Å²) < 4.78 is 10.4. The third-order valence-corrected chi connectivity index (χ3v) is 6.17. The zero-order valence-electron chi connectivity index (χ0n) is 19.0. The van der Waals surface area contributed by atoms with E-state index in [2.05, 4.69) is 15.3 Å². The lowest BCUT2D eigenvalue weighted by atomic mass is 9.90. The number of benzene rings is 3. The van der Waals surface area contributed by atoms with Gasteiger partial charge in [0.15, 0.2) is 0 Å². The van der Waals surface area contributed by atoms with Crippen LogP contribution in [0.4, 0.5) is 5.69 Å². The Kier molecular flexibility index (Phi) is 7.78. The minimum atomic E-state index is -0.392. The maximum atomic E-state index is 13.3. The fourth-order valence-corrected chi connectivity index (χ4v) is 4.26. The summed E-state index contributed by atoms with van der Waals surface area (Å²) in [6, 6.07) is 29.0. The van der Waals surface area contributed by atoms with Gasteiger partial charge in [0.2, 0.25) is 17.7 Å². The maximum absolute atomic E-state index is 13.3. The highest BCUT2D eigenvalue weighted by atomic mass is 32.2. The molecule has 0 radical (unpaired) electrons. The number of hydrogen-bond acceptors (Lipinski definition) is 6. The Balaban J connectivity index is 1.44. The summed E-state index contributed by atoms with van der Waals surface area (Å²) in [4.78, 5) is 23.0. The number of anilines is 1. The molecule has 1 N–H and O–H groups in total. The number of methoxy groups -OCH3 is 2. The van der Waals surface area contributed by atoms with Gasteiger partial charge in [-0.25, -0.2) is 0 Å². The molecule has 0 aliphatic heterocycles. The molecule has 34 heavy (non-hydrogen) atoms. The first-order valence-corrected chi connectivity index (χ1v) is 11.7. The van der Waals surface area contributed by atoms with E-state index in [0.29, 0.717) is 23.3 Å². The number of carbonyl (C=O) groups is 1. The van der Waals surface area contributed by atoms with Crippen molar-refractivity contribution in [1.82, 2.24) is 9.97 Å². The van der Waals surface area contributed by atoms with E-state index in [1.165, 1.54) is 0 Å². The largest absolute Gasteiger partial charge is 0.481 e. The Morgan fingerprint density at radius 2 is 1.35 bits per heavy atom. The summed E-state index contributed by atoms with van der Waals surface area (Å²) in [7, 11) is 3.12. The minimum absolute atomic E-state index is 0.0744. The van der Waals surface area contributed by atoms with Crippen molar-refractivity contribution in [3.05, 3.63) is 108 Å². The second-order valence-corrected chi connectivity index (χ2v) is 8.47. The van der Waals surface area contributed by atoms with Crippen molar-refractivity contribution in [2.75, 3.05) is 19.5 Å². The lowest BCUT2D eigenvalue weighted by Gasteiger charge is -2.18. The number of hydrogen-bond donors (Lipinski definition) is 1. The van der Waals surface area contributed by atoms with E-state index in [1.54, 1.807) is 32.0 Å². The molecule has 0 unspecified atom stereocenters. The van der Waals surface area contributed by atoms with Gasteiger partial charge in [0.1, 0.15) is 5.82 Å². The molecule has 3 aromatic carbocycles. The molecule has 6 nitrogen and oxygen atoms in total. The first-order chi connectivity index (χ1) is 16.7. The van der Waals surface area contributed by atoms with Crippen molar-refractivity contribution in [3.8, 4) is 11.8 Å². The lowest BCUT2D eigenvalue weighted by molar-refractivity contribution is -0.116. The molecule has 0 fully saturated rings. The zero-order chi connectivity index (χ0) is 23.8. The van der Waals surface area contributed by atoms with Crippen LogP contribution in [-0.2, 0) is 10.5 Å². The van der Waals surface area contributed by atoms with E-state index in [1.807, 2.05) is 84.9 Å². The van der Waals surface area contributed by atoms with E-state index in [0.717, 1.165) is 21.7 Å². The van der Waals surface area contributed by atoms with E-state index >= 15 is 0 Å². The molecule has 0 aliphatic carbocycles. The number of nitrogens with one attached hydrogen (secondary N) is 1. The number of thioether (sulfide) groups is 1. The molecular formula is C27H25N3O3S. The molecular weight excluding hydrogens is 446 g/mol. The van der Waals surface area contributed by atoms with Gasteiger partial charge in [-0.15, -0.1) is 11.8 Å². The Morgan fingerprint density at radius 1 is 0.824 bits per heavy atom. The summed E-state index contributed by atoms with van der Waals surface area (Å²) in [5.74, 6) is 1.64. The molecule has 4 rings (SSSR count). The van der Waals surface area contributed by atoms with Crippen molar-refractivity contribution >= 4 is 23.4 Å². The molecule has 1 amide bonds. The number of nitrogens with zero attached hydrogens (tertiary/aromatic N) is 2. The van der Waals surface area contributed by atoms with Crippen LogP contribution in [0.2, 0.25) is 0 Å². The predicted octanol–water partition coefficient (Wildman–Crippen LogP) is 5.56. The fraction of sp³-hybridized carbons (Fsp3) is 0.148. The van der Waals surface area contributed by atoms with E-state index in [4.69, 9.17) is 9.47 Å². The van der Waals surface area contributed by atoms with Crippen LogP contribution in [0.5, 0.6) is 11.8 Å². The number of carbonyl (C=O) groups excluding carboxylic acids is 1. The second kappa shape index (κ2) is 11.3. The monoisotopic (exact) mass is 471 g/mol. The SMILES string of the molecule is COc1cc(OC)nc(CSc2ccc(NC(=O)C(c3ccccc3)c3ccccc3)cc2)n1.